The Balaban J connectivity index is 1.60. The van der Waals surface area contributed by atoms with Gasteiger partial charge in [0.1, 0.15) is 0 Å². The van der Waals surface area contributed by atoms with Gasteiger partial charge in [0.2, 0.25) is 0 Å². The summed E-state index contributed by atoms with van der Waals surface area (Å²) in [7, 11) is -4.68. The average molecular weight is 340 g/mol. The zero-order valence-electron chi connectivity index (χ0n) is 12.4. The summed E-state index contributed by atoms with van der Waals surface area (Å²) < 4.78 is 41.5. The second-order valence-corrected chi connectivity index (χ2v) is 6.70. The minimum absolute atomic E-state index is 0.264. The summed E-state index contributed by atoms with van der Waals surface area (Å²) in [6.45, 7) is 2.17. The van der Waals surface area contributed by atoms with Gasteiger partial charge in [0, 0.05) is 19.7 Å². The van der Waals surface area contributed by atoms with Gasteiger partial charge < -0.3 is 10.1 Å². The summed E-state index contributed by atoms with van der Waals surface area (Å²) in [4.78, 5) is -0.375. The summed E-state index contributed by atoms with van der Waals surface area (Å²) >= 11 is 0. The highest BCUT2D eigenvalue weighted by molar-refractivity contribution is 7.86. The van der Waals surface area contributed by atoms with Gasteiger partial charge >= 0.3 is 10.2 Å². The largest absolute Gasteiger partial charge is 0.377 e. The van der Waals surface area contributed by atoms with Crippen LogP contribution in [0.2, 0.25) is 0 Å². The van der Waals surface area contributed by atoms with Crippen LogP contribution in [-0.2, 0) is 21.5 Å². The number of nitrogens with zero attached hydrogens (tertiary/aromatic N) is 3. The van der Waals surface area contributed by atoms with E-state index in [0.29, 0.717) is 12.2 Å². The first-order chi connectivity index (χ1) is 11.0. The van der Waals surface area contributed by atoms with Gasteiger partial charge in [0.15, 0.2) is 0 Å². The van der Waals surface area contributed by atoms with Gasteiger partial charge in [-0.15, -0.1) is 8.98 Å². The first-order valence-corrected chi connectivity index (χ1v) is 8.69. The van der Waals surface area contributed by atoms with Crippen LogP contribution in [0.3, 0.4) is 0 Å². The van der Waals surface area contributed by atoms with E-state index >= 15 is 0 Å². The molecule has 1 N–H and O–H groups in total. The van der Waals surface area contributed by atoms with E-state index in [1.165, 1.54) is 28.9 Å². The molecule has 124 valence electrons. The Labute approximate surface area is 133 Å². The fraction of sp³-hybridized carbons (Fsp3) is 0.429. The number of ether oxygens (including phenoxy) is 1. The molecule has 2 heterocycles. The highest BCUT2D eigenvalue weighted by Crippen LogP contribution is 2.15. The molecule has 1 fully saturated rings. The Morgan fingerprint density at radius 2 is 2.13 bits per heavy atom. The molecule has 7 nitrogen and oxygen atoms in total. The quantitative estimate of drug-likeness (QED) is 0.795. The van der Waals surface area contributed by atoms with Crippen LogP contribution in [0.25, 0.3) is 5.69 Å². The topological polar surface area (TPSA) is 86.1 Å². The van der Waals surface area contributed by atoms with Gasteiger partial charge in [-0.25, -0.2) is 4.68 Å². The standard InChI is InChI=1S/C14H17FN4O3S/c15-23(20,21)14-5-3-12(4-6-14)19-10-11(17-18-19)8-16-9-13-2-1-7-22-13/h3-6,10,13,16H,1-2,7-9H2. The van der Waals surface area contributed by atoms with Crippen LogP contribution in [0, 0.1) is 0 Å². The number of nitrogens with one attached hydrogen (secondary N) is 1. The Morgan fingerprint density at radius 3 is 2.78 bits per heavy atom. The van der Waals surface area contributed by atoms with Crippen molar-refractivity contribution in [2.45, 2.75) is 30.4 Å². The summed E-state index contributed by atoms with van der Waals surface area (Å²) in [5.41, 5.74) is 1.36. The van der Waals surface area contributed by atoms with Crippen molar-refractivity contribution in [3.63, 3.8) is 0 Å². The Bertz CT molecular complexity index is 755. The van der Waals surface area contributed by atoms with Gasteiger partial charge in [-0.05, 0) is 37.1 Å². The maximum absolute atomic E-state index is 12.8. The lowest BCUT2D eigenvalue weighted by Gasteiger charge is -2.08. The van der Waals surface area contributed by atoms with Gasteiger partial charge in [-0.3, -0.25) is 0 Å². The van der Waals surface area contributed by atoms with Crippen molar-refractivity contribution >= 4 is 10.2 Å². The van der Waals surface area contributed by atoms with Crippen LogP contribution in [0.5, 0.6) is 0 Å². The average Bonchev–Trinajstić information content (AvgIpc) is 3.18. The van der Waals surface area contributed by atoms with E-state index in [0.717, 1.165) is 31.7 Å². The molecule has 3 rings (SSSR count). The van der Waals surface area contributed by atoms with Crippen LogP contribution in [0.4, 0.5) is 3.89 Å². The molecule has 0 radical (unpaired) electrons. The third-order valence-electron chi connectivity index (χ3n) is 3.63. The predicted octanol–water partition coefficient (Wildman–Crippen LogP) is 1.19. The third-order valence-corrected chi connectivity index (χ3v) is 4.46. The third kappa shape index (κ3) is 4.12. The molecular formula is C14H17FN4O3S. The van der Waals surface area contributed by atoms with Crippen LogP contribution >= 0.6 is 0 Å². The maximum Gasteiger partial charge on any atom is 0.332 e. The molecule has 1 aromatic heterocycles. The van der Waals surface area contributed by atoms with Gasteiger partial charge in [-0.1, -0.05) is 5.21 Å². The smallest absolute Gasteiger partial charge is 0.332 e. The predicted molar refractivity (Wildman–Crippen MR) is 80.3 cm³/mol. The molecule has 2 aromatic rings. The number of aromatic nitrogens is 3. The summed E-state index contributed by atoms with van der Waals surface area (Å²) in [5.74, 6) is 0. The maximum atomic E-state index is 12.8. The minimum atomic E-state index is -4.68. The molecule has 0 spiro atoms. The molecule has 1 aromatic carbocycles. The van der Waals surface area contributed by atoms with Crippen LogP contribution in [0.1, 0.15) is 18.5 Å². The monoisotopic (exact) mass is 340 g/mol. The van der Waals surface area contributed by atoms with E-state index in [2.05, 4.69) is 15.6 Å². The van der Waals surface area contributed by atoms with E-state index in [1.54, 1.807) is 6.20 Å². The number of hydrogen-bond donors (Lipinski definition) is 1. The van der Waals surface area contributed by atoms with E-state index in [1.807, 2.05) is 0 Å². The van der Waals surface area contributed by atoms with E-state index in [9.17, 15) is 12.3 Å². The second-order valence-electron chi connectivity index (χ2n) is 5.35. The SMILES string of the molecule is O=S(=O)(F)c1ccc(-n2cc(CNCC3CCCO3)nn2)cc1. The molecule has 1 saturated heterocycles. The zero-order valence-corrected chi connectivity index (χ0v) is 13.2. The van der Waals surface area contributed by atoms with Crippen LogP contribution in [-0.4, -0.2) is 42.7 Å². The minimum Gasteiger partial charge on any atom is -0.377 e. The molecule has 0 amide bonds. The van der Waals surface area contributed by atoms with Gasteiger partial charge in [0.25, 0.3) is 0 Å². The lowest BCUT2D eigenvalue weighted by atomic mass is 10.2. The van der Waals surface area contributed by atoms with Gasteiger partial charge in [0.05, 0.1) is 28.6 Å². The number of benzene rings is 1. The van der Waals surface area contributed by atoms with Crippen LogP contribution in [0.15, 0.2) is 35.4 Å². The van der Waals surface area contributed by atoms with Crippen molar-refractivity contribution in [1.82, 2.24) is 20.3 Å². The molecule has 1 unspecified atom stereocenters. The van der Waals surface area contributed by atoms with Crippen molar-refractivity contribution in [3.05, 3.63) is 36.2 Å². The molecule has 0 aliphatic carbocycles. The van der Waals surface area contributed by atoms with Crippen molar-refractivity contribution in [3.8, 4) is 5.69 Å². The lowest BCUT2D eigenvalue weighted by Crippen LogP contribution is -2.25. The van der Waals surface area contributed by atoms with Crippen molar-refractivity contribution in [2.75, 3.05) is 13.2 Å². The Morgan fingerprint density at radius 1 is 1.35 bits per heavy atom. The molecule has 23 heavy (non-hydrogen) atoms. The summed E-state index contributed by atoms with van der Waals surface area (Å²) in [6, 6.07) is 5.35. The molecule has 0 saturated carbocycles. The van der Waals surface area contributed by atoms with Crippen LogP contribution < -0.4 is 5.32 Å². The van der Waals surface area contributed by atoms with E-state index in [4.69, 9.17) is 4.74 Å². The molecule has 1 aliphatic heterocycles. The molecule has 9 heteroatoms. The van der Waals surface area contributed by atoms with Crippen molar-refractivity contribution < 1.29 is 17.0 Å². The van der Waals surface area contributed by atoms with E-state index < -0.39 is 10.2 Å². The Hall–Kier alpha value is -1.84. The van der Waals surface area contributed by atoms with Crippen molar-refractivity contribution in [2.24, 2.45) is 0 Å². The van der Waals surface area contributed by atoms with Gasteiger partial charge in [-0.2, -0.15) is 8.42 Å². The normalized spacial score (nSPS) is 18.4. The first-order valence-electron chi connectivity index (χ1n) is 7.31. The lowest BCUT2D eigenvalue weighted by molar-refractivity contribution is 0.110. The highest BCUT2D eigenvalue weighted by atomic mass is 32.3. The number of hydrogen-bond acceptors (Lipinski definition) is 6. The molecule has 0 bridgehead atoms. The molecular weight excluding hydrogens is 323 g/mol. The Kier molecular flexibility index (Phi) is 4.69. The highest BCUT2D eigenvalue weighted by Gasteiger charge is 2.15. The van der Waals surface area contributed by atoms with Crippen molar-refractivity contribution in [1.29, 1.82) is 0 Å². The zero-order chi connectivity index (χ0) is 16.3. The van der Waals surface area contributed by atoms with E-state index in [-0.39, 0.29) is 11.0 Å². The summed E-state index contributed by atoms with van der Waals surface area (Å²) in [6.07, 6.45) is 4.18. The number of halogens is 1. The number of rotatable bonds is 6. The summed E-state index contributed by atoms with van der Waals surface area (Å²) in [5, 5.41) is 11.3. The second kappa shape index (κ2) is 6.73. The fourth-order valence-corrected chi connectivity index (χ4v) is 2.89. The first kappa shape index (κ1) is 16.0. The molecule has 1 atom stereocenters. The fourth-order valence-electron chi connectivity index (χ4n) is 2.43. The molecule has 1 aliphatic rings.